The van der Waals surface area contributed by atoms with Crippen LogP contribution in [0.1, 0.15) is 22.7 Å². The van der Waals surface area contributed by atoms with Crippen LogP contribution in [0, 0.1) is 0 Å². The van der Waals surface area contributed by atoms with E-state index in [-0.39, 0.29) is 11.9 Å². The van der Waals surface area contributed by atoms with Crippen LogP contribution in [0.4, 0.5) is 5.69 Å². The maximum Gasteiger partial charge on any atom is 0.246 e. The van der Waals surface area contributed by atoms with E-state index in [1.54, 1.807) is 0 Å². The maximum atomic E-state index is 14.5. The highest BCUT2D eigenvalue weighted by Gasteiger charge is 2.58. The summed E-state index contributed by atoms with van der Waals surface area (Å²) in [5.74, 6) is 0.786. The molecule has 4 heteroatoms. The largest absolute Gasteiger partial charge is 0.491 e. The zero-order valence-electron chi connectivity index (χ0n) is 17.1. The van der Waals surface area contributed by atoms with Gasteiger partial charge in [-0.1, -0.05) is 75.9 Å². The summed E-state index contributed by atoms with van der Waals surface area (Å²) in [7, 11) is 0. The molecule has 1 aliphatic carbocycles. The second kappa shape index (κ2) is 7.25. The number of hydrogen-bond donors (Lipinski definition) is 0. The second-order valence-electron chi connectivity index (χ2n) is 8.11. The van der Waals surface area contributed by atoms with Crippen molar-refractivity contribution < 1.29 is 9.53 Å². The molecule has 2 aliphatic heterocycles. The number of hydrogen-bond acceptors (Lipinski definition) is 2. The monoisotopic (exact) mass is 479 g/mol. The molecule has 1 amide bonds. The van der Waals surface area contributed by atoms with Gasteiger partial charge in [-0.15, -0.1) is 0 Å². The van der Waals surface area contributed by atoms with E-state index in [2.05, 4.69) is 45.6 Å². The van der Waals surface area contributed by atoms with Gasteiger partial charge < -0.3 is 4.74 Å². The van der Waals surface area contributed by atoms with Gasteiger partial charge in [0.2, 0.25) is 5.91 Å². The minimum absolute atomic E-state index is 0.0252. The molecule has 0 saturated heterocycles. The Balaban J connectivity index is 1.59. The van der Waals surface area contributed by atoms with Crippen LogP contribution >= 0.6 is 15.9 Å². The number of para-hydroxylation sites is 1. The number of allylic oxidation sites excluding steroid dienone is 2. The Bertz CT molecular complexity index is 1390. The molecular weight excluding hydrogens is 462 g/mol. The molecule has 0 fully saturated rings. The highest BCUT2D eigenvalue weighted by molar-refractivity contribution is 9.10. The van der Waals surface area contributed by atoms with E-state index in [0.717, 1.165) is 38.2 Å². The maximum absolute atomic E-state index is 14.5. The van der Waals surface area contributed by atoms with Crippen LogP contribution in [0.15, 0.2) is 113 Å². The fourth-order valence-corrected chi connectivity index (χ4v) is 5.37. The Morgan fingerprint density at radius 3 is 2.59 bits per heavy atom. The zero-order chi connectivity index (χ0) is 21.7. The molecule has 0 saturated carbocycles. The minimum atomic E-state index is -0.868. The van der Waals surface area contributed by atoms with Crippen LogP contribution in [-0.4, -0.2) is 12.5 Å². The molecule has 3 nitrogen and oxygen atoms in total. The van der Waals surface area contributed by atoms with Crippen molar-refractivity contribution in [2.45, 2.75) is 11.5 Å². The number of anilines is 1. The lowest BCUT2D eigenvalue weighted by atomic mass is 9.77. The fraction of sp³-hybridized carbons (Fsp3) is 0.107. The molecule has 0 N–H and O–H groups in total. The summed E-state index contributed by atoms with van der Waals surface area (Å²) in [5, 5.41) is 0. The van der Waals surface area contributed by atoms with Crippen LogP contribution in [0.2, 0.25) is 0 Å². The highest BCUT2D eigenvalue weighted by atomic mass is 79.9. The molecule has 0 radical (unpaired) electrons. The molecule has 2 unspecified atom stereocenters. The third-order valence-corrected chi connectivity index (χ3v) is 6.92. The summed E-state index contributed by atoms with van der Waals surface area (Å²) in [5.41, 5.74) is 10.0. The van der Waals surface area contributed by atoms with E-state index in [1.807, 2.05) is 77.7 Å². The summed E-state index contributed by atoms with van der Waals surface area (Å²) in [6.45, 7) is 0.293. The summed E-state index contributed by atoms with van der Waals surface area (Å²) in [6, 6.07) is 23.8. The summed E-state index contributed by atoms with van der Waals surface area (Å²) < 4.78 is 7.01. The number of nitrogens with zero attached hydrogens (tertiary/aromatic N) is 1. The molecule has 3 aromatic rings. The van der Waals surface area contributed by atoms with Crippen molar-refractivity contribution in [1.29, 1.82) is 0 Å². The van der Waals surface area contributed by atoms with Gasteiger partial charge in [0.15, 0.2) is 0 Å². The Hall–Kier alpha value is -3.55. The number of amides is 1. The van der Waals surface area contributed by atoms with Crippen LogP contribution in [-0.2, 0) is 10.2 Å². The SMILES string of the molecule is O=C1N(C(C2=CC=C=C=C2)c2ccccc2)c2ccccc2C12COc1ccc(Br)cc12. The average molecular weight is 480 g/mol. The number of benzene rings is 3. The van der Waals surface area contributed by atoms with Crippen LogP contribution < -0.4 is 9.64 Å². The van der Waals surface area contributed by atoms with Gasteiger partial charge in [-0.3, -0.25) is 9.69 Å². The summed E-state index contributed by atoms with van der Waals surface area (Å²) >= 11 is 3.58. The molecule has 6 rings (SSSR count). The van der Waals surface area contributed by atoms with Gasteiger partial charge in [-0.25, -0.2) is 0 Å². The first-order valence-corrected chi connectivity index (χ1v) is 11.3. The Morgan fingerprint density at radius 1 is 0.969 bits per heavy atom. The molecule has 3 aliphatic rings. The molecule has 0 aromatic heterocycles. The average Bonchev–Trinajstić information content (AvgIpc) is 3.33. The number of carbonyl (C=O) groups excluding carboxylic acids is 1. The Morgan fingerprint density at radius 2 is 1.78 bits per heavy atom. The molecule has 1 spiro atoms. The second-order valence-corrected chi connectivity index (χ2v) is 9.02. The van der Waals surface area contributed by atoms with Gasteiger partial charge in [0.1, 0.15) is 17.8 Å². The number of rotatable bonds is 3. The third kappa shape index (κ3) is 2.65. The smallest absolute Gasteiger partial charge is 0.246 e. The molecule has 154 valence electrons. The summed E-state index contributed by atoms with van der Waals surface area (Å²) in [6.07, 6.45) is 5.76. The van der Waals surface area contributed by atoms with Crippen LogP contribution in [0.5, 0.6) is 5.75 Å². The lowest BCUT2D eigenvalue weighted by molar-refractivity contribution is -0.122. The highest BCUT2D eigenvalue weighted by Crippen LogP contribution is 2.55. The van der Waals surface area contributed by atoms with Crippen LogP contribution in [0.25, 0.3) is 0 Å². The van der Waals surface area contributed by atoms with E-state index >= 15 is 0 Å². The first-order valence-electron chi connectivity index (χ1n) is 10.5. The van der Waals surface area contributed by atoms with E-state index < -0.39 is 5.41 Å². The van der Waals surface area contributed by atoms with Crippen molar-refractivity contribution in [2.75, 3.05) is 11.5 Å². The van der Waals surface area contributed by atoms with Gasteiger partial charge in [0.25, 0.3) is 0 Å². The number of halogens is 1. The lowest BCUT2D eigenvalue weighted by Gasteiger charge is -2.32. The molecule has 0 bridgehead atoms. The first-order chi connectivity index (χ1) is 15.7. The Labute approximate surface area is 194 Å². The van der Waals surface area contributed by atoms with Crippen molar-refractivity contribution >= 4 is 27.5 Å². The third-order valence-electron chi connectivity index (χ3n) is 6.42. The van der Waals surface area contributed by atoms with Gasteiger partial charge >= 0.3 is 0 Å². The normalized spacial score (nSPS) is 20.8. The van der Waals surface area contributed by atoms with Gasteiger partial charge in [0.05, 0.1) is 6.04 Å². The number of fused-ring (bicyclic) bond motifs is 4. The van der Waals surface area contributed by atoms with E-state index in [0.29, 0.717) is 6.61 Å². The molecular formula is C28H18BrNO2. The topological polar surface area (TPSA) is 29.5 Å². The van der Waals surface area contributed by atoms with E-state index in [4.69, 9.17) is 4.74 Å². The van der Waals surface area contributed by atoms with Gasteiger partial charge in [-0.05, 0) is 59.2 Å². The van der Waals surface area contributed by atoms with Crippen molar-refractivity contribution in [3.05, 3.63) is 129 Å². The summed E-state index contributed by atoms with van der Waals surface area (Å²) in [4.78, 5) is 16.4. The van der Waals surface area contributed by atoms with Gasteiger partial charge in [-0.2, -0.15) is 0 Å². The molecule has 2 atom stereocenters. The Kier molecular flexibility index (Phi) is 4.34. The van der Waals surface area contributed by atoms with Crippen molar-refractivity contribution in [3.8, 4) is 5.75 Å². The quantitative estimate of drug-likeness (QED) is 0.429. The van der Waals surface area contributed by atoms with E-state index in [1.165, 1.54) is 0 Å². The van der Waals surface area contributed by atoms with Crippen molar-refractivity contribution in [1.82, 2.24) is 0 Å². The predicted octanol–water partition coefficient (Wildman–Crippen LogP) is 6.02. The number of ether oxygens (including phenoxy) is 1. The molecule has 3 aromatic carbocycles. The number of carbonyl (C=O) groups is 1. The standard InChI is InChI=1S/C28H18BrNO2/c29-21-15-16-25-23(17-21)28(18-32-25)22-13-7-8-14-24(22)30(27(28)31)26(19-9-3-1-4-10-19)20-11-5-2-6-12-20/h1,3-5,7-17,26H,18H2. The predicted molar refractivity (Wildman–Crippen MR) is 128 cm³/mol. The molecule has 2 heterocycles. The lowest BCUT2D eigenvalue weighted by Crippen LogP contribution is -2.44. The van der Waals surface area contributed by atoms with Crippen molar-refractivity contribution in [2.24, 2.45) is 0 Å². The fourth-order valence-electron chi connectivity index (χ4n) is 5.01. The van der Waals surface area contributed by atoms with Gasteiger partial charge in [0, 0.05) is 15.7 Å². The zero-order valence-corrected chi connectivity index (χ0v) is 18.7. The minimum Gasteiger partial charge on any atom is -0.491 e. The van der Waals surface area contributed by atoms with Crippen molar-refractivity contribution in [3.63, 3.8) is 0 Å². The molecule has 32 heavy (non-hydrogen) atoms. The van der Waals surface area contributed by atoms with E-state index in [9.17, 15) is 4.79 Å². The van der Waals surface area contributed by atoms with Crippen LogP contribution in [0.3, 0.4) is 0 Å². The first kappa shape index (κ1) is 19.2.